The van der Waals surface area contributed by atoms with E-state index in [4.69, 9.17) is 5.11 Å². The lowest BCUT2D eigenvalue weighted by Gasteiger charge is -2.10. The van der Waals surface area contributed by atoms with Gasteiger partial charge in [0.1, 0.15) is 0 Å². The Balaban J connectivity index is 1.97. The zero-order valence-corrected chi connectivity index (χ0v) is 12.8. The summed E-state index contributed by atoms with van der Waals surface area (Å²) < 4.78 is 2.18. The summed E-state index contributed by atoms with van der Waals surface area (Å²) >= 11 is 0. The van der Waals surface area contributed by atoms with Crippen molar-refractivity contribution in [1.82, 2.24) is 4.57 Å². The van der Waals surface area contributed by atoms with Crippen molar-refractivity contribution >= 4 is 16.9 Å². The molecule has 0 aliphatic carbocycles. The highest BCUT2D eigenvalue weighted by molar-refractivity contribution is 5.82. The molecule has 2 aromatic carbocycles. The van der Waals surface area contributed by atoms with E-state index in [2.05, 4.69) is 48.9 Å². The van der Waals surface area contributed by atoms with Crippen LogP contribution < -0.4 is 0 Å². The molecule has 0 radical (unpaired) electrons. The van der Waals surface area contributed by atoms with Gasteiger partial charge in [-0.2, -0.15) is 0 Å². The molecule has 0 unspecified atom stereocenters. The van der Waals surface area contributed by atoms with E-state index in [-0.39, 0.29) is 6.42 Å². The molecule has 3 rings (SSSR count). The first-order valence-corrected chi connectivity index (χ1v) is 7.38. The standard InChI is InChI=1S/C19H19NO2/c1-13-3-5-17(14(2)9-13)12-20-8-7-16-6-4-15(10-18(16)20)11-19(21)22/h3-10H,11-12H2,1-2H3,(H,21,22). The molecule has 22 heavy (non-hydrogen) atoms. The molecule has 0 bridgehead atoms. The lowest BCUT2D eigenvalue weighted by Crippen LogP contribution is -2.02. The second-order valence-corrected chi connectivity index (χ2v) is 5.84. The second-order valence-electron chi connectivity index (χ2n) is 5.84. The summed E-state index contributed by atoms with van der Waals surface area (Å²) in [4.78, 5) is 10.9. The Morgan fingerprint density at radius 2 is 1.91 bits per heavy atom. The number of hydrogen-bond donors (Lipinski definition) is 1. The van der Waals surface area contributed by atoms with Gasteiger partial charge in [0.15, 0.2) is 0 Å². The third-order valence-corrected chi connectivity index (χ3v) is 4.03. The maximum atomic E-state index is 10.9. The largest absolute Gasteiger partial charge is 0.481 e. The van der Waals surface area contributed by atoms with E-state index in [0.717, 1.165) is 23.0 Å². The molecule has 0 amide bonds. The van der Waals surface area contributed by atoms with Gasteiger partial charge in [-0.05, 0) is 48.1 Å². The van der Waals surface area contributed by atoms with Gasteiger partial charge in [0.05, 0.1) is 6.42 Å². The molecular formula is C19H19NO2. The summed E-state index contributed by atoms with van der Waals surface area (Å²) in [5, 5.41) is 10.1. The first-order valence-electron chi connectivity index (χ1n) is 7.38. The van der Waals surface area contributed by atoms with Gasteiger partial charge in [-0.25, -0.2) is 0 Å². The Morgan fingerprint density at radius 3 is 2.64 bits per heavy atom. The van der Waals surface area contributed by atoms with Gasteiger partial charge in [-0.1, -0.05) is 35.9 Å². The van der Waals surface area contributed by atoms with Crippen molar-refractivity contribution in [1.29, 1.82) is 0 Å². The molecule has 0 saturated heterocycles. The van der Waals surface area contributed by atoms with E-state index in [1.165, 1.54) is 16.7 Å². The summed E-state index contributed by atoms with van der Waals surface area (Å²) in [6.45, 7) is 5.02. The fourth-order valence-electron chi connectivity index (χ4n) is 2.86. The number of aliphatic carboxylic acids is 1. The Hall–Kier alpha value is -2.55. The van der Waals surface area contributed by atoms with E-state index in [1.54, 1.807) is 0 Å². The third kappa shape index (κ3) is 2.89. The van der Waals surface area contributed by atoms with Crippen LogP contribution in [-0.2, 0) is 17.8 Å². The molecule has 0 atom stereocenters. The van der Waals surface area contributed by atoms with Crippen molar-refractivity contribution in [3.05, 3.63) is 70.9 Å². The van der Waals surface area contributed by atoms with Gasteiger partial charge >= 0.3 is 5.97 Å². The highest BCUT2D eigenvalue weighted by Gasteiger charge is 2.07. The van der Waals surface area contributed by atoms with Crippen molar-refractivity contribution in [2.75, 3.05) is 0 Å². The number of aryl methyl sites for hydroxylation is 2. The number of carboxylic acid groups (broad SMARTS) is 1. The maximum Gasteiger partial charge on any atom is 0.307 e. The van der Waals surface area contributed by atoms with Crippen LogP contribution in [0.2, 0.25) is 0 Å². The molecule has 3 aromatic rings. The van der Waals surface area contributed by atoms with Crippen molar-refractivity contribution in [2.45, 2.75) is 26.8 Å². The SMILES string of the molecule is Cc1ccc(Cn2ccc3ccc(CC(=O)O)cc32)c(C)c1. The molecule has 0 spiro atoms. The van der Waals surface area contributed by atoms with Crippen molar-refractivity contribution < 1.29 is 9.90 Å². The van der Waals surface area contributed by atoms with Gasteiger partial charge < -0.3 is 9.67 Å². The predicted molar refractivity (Wildman–Crippen MR) is 88.3 cm³/mol. The zero-order chi connectivity index (χ0) is 15.7. The normalized spacial score (nSPS) is 11.0. The van der Waals surface area contributed by atoms with Crippen LogP contribution in [0.15, 0.2) is 48.7 Å². The molecule has 3 heteroatoms. The summed E-state index contributed by atoms with van der Waals surface area (Å²) in [6, 6.07) is 14.4. The number of nitrogens with zero attached hydrogens (tertiary/aromatic N) is 1. The highest BCUT2D eigenvalue weighted by Crippen LogP contribution is 2.21. The van der Waals surface area contributed by atoms with Crippen molar-refractivity contribution in [3.63, 3.8) is 0 Å². The van der Waals surface area contributed by atoms with Gasteiger partial charge in [0.25, 0.3) is 0 Å². The fraction of sp³-hybridized carbons (Fsp3) is 0.211. The average molecular weight is 293 g/mol. The second kappa shape index (κ2) is 5.68. The molecule has 0 aliphatic heterocycles. The highest BCUT2D eigenvalue weighted by atomic mass is 16.4. The average Bonchev–Trinajstić information content (AvgIpc) is 2.84. The van der Waals surface area contributed by atoms with E-state index in [9.17, 15) is 4.79 Å². The van der Waals surface area contributed by atoms with Crippen LogP contribution in [0.4, 0.5) is 0 Å². The quantitative estimate of drug-likeness (QED) is 0.792. The van der Waals surface area contributed by atoms with Crippen LogP contribution in [0.1, 0.15) is 22.3 Å². The summed E-state index contributed by atoms with van der Waals surface area (Å²) in [5.74, 6) is -0.799. The Bertz CT molecular complexity index is 846. The number of benzene rings is 2. The summed E-state index contributed by atoms with van der Waals surface area (Å²) in [7, 11) is 0. The molecule has 112 valence electrons. The molecule has 0 aliphatic rings. The van der Waals surface area contributed by atoms with Gasteiger partial charge in [-0.15, -0.1) is 0 Å². The van der Waals surface area contributed by atoms with Crippen LogP contribution in [-0.4, -0.2) is 15.6 Å². The number of carboxylic acids is 1. The molecule has 1 heterocycles. The summed E-state index contributed by atoms with van der Waals surface area (Å²) in [5.41, 5.74) is 5.75. The Morgan fingerprint density at radius 1 is 1.09 bits per heavy atom. The number of carbonyl (C=O) groups is 1. The van der Waals surface area contributed by atoms with Crippen molar-refractivity contribution in [3.8, 4) is 0 Å². The molecule has 1 aromatic heterocycles. The Kier molecular flexibility index (Phi) is 3.72. The van der Waals surface area contributed by atoms with Gasteiger partial charge in [0, 0.05) is 18.3 Å². The van der Waals surface area contributed by atoms with Crippen LogP contribution in [0.3, 0.4) is 0 Å². The minimum atomic E-state index is -0.799. The van der Waals surface area contributed by atoms with Gasteiger partial charge in [0.2, 0.25) is 0 Å². The lowest BCUT2D eigenvalue weighted by atomic mass is 10.1. The molecule has 0 fully saturated rings. The van der Waals surface area contributed by atoms with Crippen LogP contribution in [0.5, 0.6) is 0 Å². The zero-order valence-electron chi connectivity index (χ0n) is 12.8. The number of fused-ring (bicyclic) bond motifs is 1. The summed E-state index contributed by atoms with van der Waals surface area (Å²) in [6.07, 6.45) is 2.12. The molecule has 1 N–H and O–H groups in total. The smallest absolute Gasteiger partial charge is 0.307 e. The van der Waals surface area contributed by atoms with Crippen LogP contribution >= 0.6 is 0 Å². The van der Waals surface area contributed by atoms with E-state index < -0.39 is 5.97 Å². The minimum absolute atomic E-state index is 0.0602. The maximum absolute atomic E-state index is 10.9. The number of hydrogen-bond acceptors (Lipinski definition) is 1. The van der Waals surface area contributed by atoms with E-state index in [0.29, 0.717) is 0 Å². The third-order valence-electron chi connectivity index (χ3n) is 4.03. The van der Waals surface area contributed by atoms with Crippen LogP contribution in [0.25, 0.3) is 10.9 Å². The van der Waals surface area contributed by atoms with E-state index in [1.807, 2.05) is 18.2 Å². The Labute approximate surface area is 129 Å². The number of rotatable bonds is 4. The molecular weight excluding hydrogens is 274 g/mol. The predicted octanol–water partition coefficient (Wildman–Crippen LogP) is 3.93. The first-order chi connectivity index (χ1) is 10.5. The molecule has 3 nitrogen and oxygen atoms in total. The monoisotopic (exact) mass is 293 g/mol. The van der Waals surface area contributed by atoms with Gasteiger partial charge in [-0.3, -0.25) is 4.79 Å². The number of aromatic nitrogens is 1. The fourth-order valence-corrected chi connectivity index (χ4v) is 2.86. The topological polar surface area (TPSA) is 42.2 Å². The first kappa shape index (κ1) is 14.4. The van der Waals surface area contributed by atoms with Crippen molar-refractivity contribution in [2.24, 2.45) is 0 Å². The lowest BCUT2D eigenvalue weighted by molar-refractivity contribution is -0.136. The minimum Gasteiger partial charge on any atom is -0.481 e. The van der Waals surface area contributed by atoms with E-state index >= 15 is 0 Å². The van der Waals surface area contributed by atoms with Crippen LogP contribution in [0, 0.1) is 13.8 Å². The molecule has 0 saturated carbocycles.